The van der Waals surface area contributed by atoms with E-state index >= 15 is 0 Å². The Morgan fingerprint density at radius 2 is 1.71 bits per heavy atom. The summed E-state index contributed by atoms with van der Waals surface area (Å²) in [6.07, 6.45) is 1.83. The van der Waals surface area contributed by atoms with Crippen molar-refractivity contribution in [2.45, 2.75) is 0 Å². The van der Waals surface area contributed by atoms with Gasteiger partial charge < -0.3 is 15.9 Å². The van der Waals surface area contributed by atoms with E-state index in [1.165, 1.54) is 6.08 Å². The van der Waals surface area contributed by atoms with E-state index in [1.54, 1.807) is 30.3 Å². The maximum Gasteiger partial charge on any atom is 0.329 e. The third-order valence-electron chi connectivity index (χ3n) is 1.91. The van der Waals surface area contributed by atoms with E-state index < -0.39 is 23.2 Å². The van der Waals surface area contributed by atoms with Gasteiger partial charge in [-0.3, -0.25) is 4.79 Å². The molecule has 0 bridgehead atoms. The van der Waals surface area contributed by atoms with Crippen LogP contribution in [0.4, 0.5) is 0 Å². The van der Waals surface area contributed by atoms with Gasteiger partial charge in [-0.2, -0.15) is 0 Å². The summed E-state index contributed by atoms with van der Waals surface area (Å²) in [5.41, 5.74) is 5.15. The topological polar surface area (TPSA) is 101 Å². The average molecular weight is 233 g/mol. The monoisotopic (exact) mass is 233 g/mol. The second-order valence-corrected chi connectivity index (χ2v) is 3.20. The van der Waals surface area contributed by atoms with Gasteiger partial charge in [0, 0.05) is 6.08 Å². The molecule has 0 heterocycles. The van der Waals surface area contributed by atoms with E-state index in [9.17, 15) is 14.7 Å². The molecule has 0 aliphatic carbocycles. The van der Waals surface area contributed by atoms with E-state index in [0.29, 0.717) is 11.6 Å². The van der Waals surface area contributed by atoms with Crippen molar-refractivity contribution in [2.75, 3.05) is 0 Å². The zero-order valence-corrected chi connectivity index (χ0v) is 8.83. The maximum atomic E-state index is 11.0. The van der Waals surface area contributed by atoms with E-state index in [1.807, 2.05) is 0 Å². The fourth-order valence-corrected chi connectivity index (χ4v) is 1.18. The van der Waals surface area contributed by atoms with Crippen molar-refractivity contribution < 1.29 is 19.8 Å². The summed E-state index contributed by atoms with van der Waals surface area (Å²) in [6.45, 7) is 0. The predicted molar refractivity (Wildman–Crippen MR) is 62.0 cm³/mol. The first-order chi connectivity index (χ1) is 8.00. The van der Waals surface area contributed by atoms with Gasteiger partial charge in [-0.1, -0.05) is 30.3 Å². The first-order valence-electron chi connectivity index (χ1n) is 4.71. The number of carboxylic acids is 1. The van der Waals surface area contributed by atoms with Crippen LogP contribution in [0, 0.1) is 0 Å². The third-order valence-corrected chi connectivity index (χ3v) is 1.91. The number of aliphatic hydroxyl groups is 1. The predicted octanol–water partition coefficient (Wildman–Crippen LogP) is 1.08. The Hall–Kier alpha value is -2.56. The first kappa shape index (κ1) is 12.5. The number of rotatable bonds is 4. The molecule has 1 rings (SSSR count). The minimum Gasteiger partial charge on any atom is -0.507 e. The van der Waals surface area contributed by atoms with Crippen LogP contribution in [0.1, 0.15) is 5.56 Å². The molecule has 17 heavy (non-hydrogen) atoms. The zero-order valence-electron chi connectivity index (χ0n) is 8.83. The second-order valence-electron chi connectivity index (χ2n) is 3.20. The second kappa shape index (κ2) is 5.50. The summed E-state index contributed by atoms with van der Waals surface area (Å²) in [4.78, 5) is 21.4. The van der Waals surface area contributed by atoms with Crippen LogP contribution >= 0.6 is 0 Å². The van der Waals surface area contributed by atoms with Gasteiger partial charge in [0.1, 0.15) is 5.76 Å². The highest BCUT2D eigenvalue weighted by atomic mass is 16.4. The summed E-state index contributed by atoms with van der Waals surface area (Å²) < 4.78 is 0. The lowest BCUT2D eigenvalue weighted by molar-refractivity contribution is -0.131. The number of carboxylic acid groups (broad SMARTS) is 1. The molecule has 88 valence electrons. The zero-order chi connectivity index (χ0) is 12.8. The highest BCUT2D eigenvalue weighted by Gasteiger charge is 2.12. The lowest BCUT2D eigenvalue weighted by Gasteiger charge is -2.01. The van der Waals surface area contributed by atoms with Crippen LogP contribution in [0.3, 0.4) is 0 Å². The molecule has 0 saturated heterocycles. The molecule has 0 fully saturated rings. The number of nitrogens with two attached hydrogens (primary N) is 1. The molecule has 0 atom stereocenters. The number of aliphatic hydroxyl groups excluding tert-OH is 1. The lowest BCUT2D eigenvalue weighted by atomic mass is 10.1. The molecule has 1 aromatic carbocycles. The molecule has 0 aliphatic heterocycles. The number of carbonyl (C=O) groups is 2. The van der Waals surface area contributed by atoms with Crippen LogP contribution in [0.25, 0.3) is 6.08 Å². The Morgan fingerprint density at radius 3 is 2.18 bits per heavy atom. The van der Waals surface area contributed by atoms with Crippen molar-refractivity contribution in [1.29, 1.82) is 0 Å². The molecule has 0 unspecified atom stereocenters. The van der Waals surface area contributed by atoms with Crippen LogP contribution < -0.4 is 5.73 Å². The van der Waals surface area contributed by atoms with E-state index in [4.69, 9.17) is 10.8 Å². The van der Waals surface area contributed by atoms with Gasteiger partial charge in [0.25, 0.3) is 5.91 Å². The molecule has 1 aromatic rings. The molecule has 5 heteroatoms. The number of aliphatic carboxylic acids is 1. The number of hydrogen-bond acceptors (Lipinski definition) is 3. The standard InChI is InChI=1S/C12H11NO4/c13-12(17)9(7-11(15)16)10(14)6-8-4-2-1-3-5-8/h1-7,14H,(H2,13,17)(H,15,16)/b9-7-,10-6-. The molecule has 0 aliphatic rings. The molecule has 4 N–H and O–H groups in total. The van der Waals surface area contributed by atoms with Crippen molar-refractivity contribution in [3.63, 3.8) is 0 Å². The highest BCUT2D eigenvalue weighted by Crippen LogP contribution is 2.11. The molecule has 1 amide bonds. The number of carbonyl (C=O) groups excluding carboxylic acids is 1. The molecule has 0 radical (unpaired) electrons. The van der Waals surface area contributed by atoms with Gasteiger partial charge in [-0.15, -0.1) is 0 Å². The molecular formula is C12H11NO4. The maximum absolute atomic E-state index is 11.0. The summed E-state index contributed by atoms with van der Waals surface area (Å²) in [6, 6.07) is 8.65. The van der Waals surface area contributed by atoms with Gasteiger partial charge in [0.2, 0.25) is 0 Å². The molecule has 0 spiro atoms. The van der Waals surface area contributed by atoms with Crippen LogP contribution in [0.5, 0.6) is 0 Å². The first-order valence-corrected chi connectivity index (χ1v) is 4.71. The fraction of sp³-hybridized carbons (Fsp3) is 0. The Balaban J connectivity index is 3.09. The van der Waals surface area contributed by atoms with Crippen LogP contribution in [0.15, 0.2) is 47.7 Å². The summed E-state index contributed by atoms with van der Waals surface area (Å²) in [5.74, 6) is -2.84. The minimum atomic E-state index is -1.35. The van der Waals surface area contributed by atoms with Crippen LogP contribution in [-0.4, -0.2) is 22.1 Å². The number of amides is 1. The van der Waals surface area contributed by atoms with E-state index in [2.05, 4.69) is 0 Å². The van der Waals surface area contributed by atoms with Gasteiger partial charge in [0.15, 0.2) is 0 Å². The smallest absolute Gasteiger partial charge is 0.329 e. The van der Waals surface area contributed by atoms with Crippen molar-refractivity contribution in [3.05, 3.63) is 53.3 Å². The number of hydrogen-bond donors (Lipinski definition) is 3. The largest absolute Gasteiger partial charge is 0.507 e. The number of benzene rings is 1. The quantitative estimate of drug-likeness (QED) is 0.411. The van der Waals surface area contributed by atoms with E-state index in [-0.39, 0.29) is 0 Å². The van der Waals surface area contributed by atoms with Crippen molar-refractivity contribution in [1.82, 2.24) is 0 Å². The summed E-state index contributed by atoms with van der Waals surface area (Å²) >= 11 is 0. The van der Waals surface area contributed by atoms with Crippen LogP contribution in [0.2, 0.25) is 0 Å². The Kier molecular flexibility index (Phi) is 4.05. The normalized spacial score (nSPS) is 12.2. The van der Waals surface area contributed by atoms with Crippen molar-refractivity contribution in [2.24, 2.45) is 5.73 Å². The minimum absolute atomic E-state index is 0.443. The highest BCUT2D eigenvalue weighted by molar-refractivity contribution is 6.02. The Bertz CT molecular complexity index is 488. The van der Waals surface area contributed by atoms with Crippen molar-refractivity contribution >= 4 is 18.0 Å². The van der Waals surface area contributed by atoms with Crippen molar-refractivity contribution in [3.8, 4) is 0 Å². The molecular weight excluding hydrogens is 222 g/mol. The number of primary amides is 1. The van der Waals surface area contributed by atoms with Crippen LogP contribution in [-0.2, 0) is 9.59 Å². The molecule has 5 nitrogen and oxygen atoms in total. The van der Waals surface area contributed by atoms with Gasteiger partial charge in [-0.25, -0.2) is 4.79 Å². The van der Waals surface area contributed by atoms with Gasteiger partial charge in [-0.05, 0) is 11.6 Å². The van der Waals surface area contributed by atoms with E-state index in [0.717, 1.165) is 0 Å². The summed E-state index contributed by atoms with van der Waals surface area (Å²) in [5, 5.41) is 18.1. The summed E-state index contributed by atoms with van der Waals surface area (Å²) in [7, 11) is 0. The molecule has 0 saturated carbocycles. The Morgan fingerprint density at radius 1 is 1.12 bits per heavy atom. The van der Waals surface area contributed by atoms with Gasteiger partial charge >= 0.3 is 5.97 Å². The average Bonchev–Trinajstić information content (AvgIpc) is 2.26. The lowest BCUT2D eigenvalue weighted by Crippen LogP contribution is -2.16. The molecule has 0 aromatic heterocycles. The Labute approximate surface area is 97.5 Å². The third kappa shape index (κ3) is 3.83. The van der Waals surface area contributed by atoms with Gasteiger partial charge in [0.05, 0.1) is 5.57 Å². The fourth-order valence-electron chi connectivity index (χ4n) is 1.18. The SMILES string of the molecule is NC(=O)C(=C\C(=O)O)/C(O)=C/c1ccccc1.